The molecule has 0 radical (unpaired) electrons. The molecule has 0 spiro atoms. The number of thiazole rings is 1. The van der Waals surface area contributed by atoms with Crippen LogP contribution in [-0.4, -0.2) is 25.1 Å². The van der Waals surface area contributed by atoms with Crippen molar-refractivity contribution in [2.75, 3.05) is 11.2 Å². The minimum Gasteiger partial charge on any atom is -0.273 e. The lowest BCUT2D eigenvalue weighted by Gasteiger charge is -2.06. The zero-order chi connectivity index (χ0) is 19.4. The second kappa shape index (κ2) is 8.24. The molecule has 2 N–H and O–H groups in total. The van der Waals surface area contributed by atoms with Crippen LogP contribution in [0.4, 0.5) is 5.13 Å². The van der Waals surface area contributed by atoms with Crippen molar-refractivity contribution in [2.45, 2.75) is 24.7 Å². The molecule has 1 aromatic heterocycles. The summed E-state index contributed by atoms with van der Waals surface area (Å²) in [6.07, 6.45) is 0.776. The smallest absolute Gasteiger partial charge is 0.239 e. The number of nitrogens with one attached hydrogen (secondary N) is 2. The van der Waals surface area contributed by atoms with Crippen LogP contribution in [0.3, 0.4) is 0 Å². The first-order valence-corrected chi connectivity index (χ1v) is 11.1. The van der Waals surface area contributed by atoms with Gasteiger partial charge in [0.1, 0.15) is 0 Å². The monoisotopic (exact) mass is 423 g/mol. The van der Waals surface area contributed by atoms with Crippen molar-refractivity contribution < 1.29 is 13.2 Å². The third-order valence-corrected chi connectivity index (χ3v) is 6.86. The maximum absolute atomic E-state index is 12.2. The van der Waals surface area contributed by atoms with Gasteiger partial charge in [0.25, 0.3) is 0 Å². The van der Waals surface area contributed by atoms with Crippen molar-refractivity contribution in [3.8, 4) is 0 Å². The van der Waals surface area contributed by atoms with Gasteiger partial charge in [-0.3, -0.25) is 15.6 Å². The molecule has 0 saturated heterocycles. The predicted molar refractivity (Wildman–Crippen MR) is 109 cm³/mol. The van der Waals surface area contributed by atoms with E-state index in [1.165, 1.54) is 41.2 Å². The highest BCUT2D eigenvalue weighted by Gasteiger charge is 2.16. The van der Waals surface area contributed by atoms with E-state index in [4.69, 9.17) is 11.6 Å². The maximum Gasteiger partial charge on any atom is 0.239 e. The minimum absolute atomic E-state index is 0.144. The molecule has 6 nitrogen and oxygen atoms in total. The van der Waals surface area contributed by atoms with Crippen molar-refractivity contribution in [1.82, 2.24) is 10.4 Å². The Morgan fingerprint density at radius 1 is 1.19 bits per heavy atom. The molecule has 0 bridgehead atoms. The first-order valence-electron chi connectivity index (χ1n) is 8.30. The number of fused-ring (bicyclic) bond motifs is 1. The van der Waals surface area contributed by atoms with Gasteiger partial charge in [-0.15, -0.1) is 0 Å². The number of nitrogens with zero attached hydrogens (tertiary/aromatic N) is 1. The number of benzene rings is 2. The molecular formula is C18H18ClN3O3S2. The normalized spacial score (nSPS) is 11.5. The van der Waals surface area contributed by atoms with Crippen LogP contribution in [0.25, 0.3) is 10.2 Å². The zero-order valence-electron chi connectivity index (χ0n) is 14.5. The third kappa shape index (κ3) is 4.97. The molecule has 2 aromatic carbocycles. The summed E-state index contributed by atoms with van der Waals surface area (Å²) in [4.78, 5) is 16.5. The van der Waals surface area contributed by atoms with Crippen molar-refractivity contribution in [3.05, 3.63) is 53.1 Å². The summed E-state index contributed by atoms with van der Waals surface area (Å²) >= 11 is 7.19. The number of aromatic nitrogens is 1. The van der Waals surface area contributed by atoms with Crippen LogP contribution in [0.1, 0.15) is 18.9 Å². The molecular weight excluding hydrogens is 406 g/mol. The van der Waals surface area contributed by atoms with Gasteiger partial charge in [0.2, 0.25) is 11.0 Å². The van der Waals surface area contributed by atoms with Crippen LogP contribution in [0, 0.1) is 0 Å². The molecule has 0 unspecified atom stereocenters. The lowest BCUT2D eigenvalue weighted by Crippen LogP contribution is -2.30. The molecule has 0 atom stereocenters. The average Bonchev–Trinajstić information content (AvgIpc) is 3.07. The van der Waals surface area contributed by atoms with E-state index in [0.717, 1.165) is 16.6 Å². The first-order chi connectivity index (χ1) is 12.9. The Labute approximate surface area is 166 Å². The average molecular weight is 424 g/mol. The number of rotatable bonds is 7. The van der Waals surface area contributed by atoms with Crippen molar-refractivity contribution in [1.29, 1.82) is 0 Å². The SMILES string of the molecule is CCc1ccc2nc(NNC(=O)CCS(=O)(=O)c3ccc(Cl)cc3)sc2c1. The van der Waals surface area contributed by atoms with E-state index >= 15 is 0 Å². The van der Waals surface area contributed by atoms with Gasteiger partial charge < -0.3 is 0 Å². The van der Waals surface area contributed by atoms with Crippen LogP contribution in [0.5, 0.6) is 0 Å². The van der Waals surface area contributed by atoms with Gasteiger partial charge >= 0.3 is 0 Å². The zero-order valence-corrected chi connectivity index (χ0v) is 16.9. The number of hydrogen-bond donors (Lipinski definition) is 2. The molecule has 0 aliphatic heterocycles. The van der Waals surface area contributed by atoms with E-state index in [0.29, 0.717) is 10.2 Å². The van der Waals surface area contributed by atoms with Crippen LogP contribution in [-0.2, 0) is 21.1 Å². The van der Waals surface area contributed by atoms with E-state index in [-0.39, 0.29) is 17.1 Å². The van der Waals surface area contributed by atoms with Gasteiger partial charge in [-0.1, -0.05) is 35.9 Å². The molecule has 0 aliphatic carbocycles. The number of carbonyl (C=O) groups is 1. The lowest BCUT2D eigenvalue weighted by atomic mass is 10.2. The Hall–Kier alpha value is -2.16. The molecule has 1 heterocycles. The number of sulfone groups is 1. The summed E-state index contributed by atoms with van der Waals surface area (Å²) in [5.41, 5.74) is 7.31. The summed E-state index contributed by atoms with van der Waals surface area (Å²) in [6.45, 7) is 2.08. The number of carbonyl (C=O) groups excluding carboxylic acids is 1. The Balaban J connectivity index is 1.56. The topological polar surface area (TPSA) is 88.2 Å². The molecule has 3 aromatic rings. The maximum atomic E-state index is 12.2. The standard InChI is InChI=1S/C18H18ClN3O3S2/c1-2-12-3-8-15-16(11-12)26-18(20-15)22-21-17(23)9-10-27(24,25)14-6-4-13(19)5-7-14/h3-8,11H,2,9-10H2,1H3,(H,20,22)(H,21,23). The molecule has 142 valence electrons. The van der Waals surface area contributed by atoms with Gasteiger partial charge in [-0.2, -0.15) is 0 Å². The van der Waals surface area contributed by atoms with Crippen molar-refractivity contribution in [3.63, 3.8) is 0 Å². The van der Waals surface area contributed by atoms with Crippen molar-refractivity contribution in [2.24, 2.45) is 0 Å². The van der Waals surface area contributed by atoms with Crippen LogP contribution < -0.4 is 10.9 Å². The Morgan fingerprint density at radius 2 is 1.93 bits per heavy atom. The van der Waals surface area contributed by atoms with E-state index in [2.05, 4.69) is 28.8 Å². The fourth-order valence-electron chi connectivity index (χ4n) is 2.41. The van der Waals surface area contributed by atoms with Crippen LogP contribution in [0.2, 0.25) is 5.02 Å². The largest absolute Gasteiger partial charge is 0.273 e. The first kappa shape index (κ1) is 19.6. The molecule has 1 amide bonds. The Bertz CT molecular complexity index is 1060. The minimum atomic E-state index is -3.54. The molecule has 27 heavy (non-hydrogen) atoms. The van der Waals surface area contributed by atoms with Crippen LogP contribution >= 0.6 is 22.9 Å². The highest BCUT2D eigenvalue weighted by molar-refractivity contribution is 7.91. The number of halogens is 1. The summed E-state index contributed by atoms with van der Waals surface area (Å²) in [5, 5.41) is 1.00. The van der Waals surface area contributed by atoms with Gasteiger partial charge in [0.05, 0.1) is 20.9 Å². The van der Waals surface area contributed by atoms with Gasteiger partial charge in [-0.25, -0.2) is 13.4 Å². The van der Waals surface area contributed by atoms with Crippen LogP contribution in [0.15, 0.2) is 47.4 Å². The van der Waals surface area contributed by atoms with Crippen molar-refractivity contribution >= 4 is 54.0 Å². The summed E-state index contributed by atoms with van der Waals surface area (Å²) in [7, 11) is -3.54. The van der Waals surface area contributed by atoms with E-state index < -0.39 is 15.7 Å². The highest BCUT2D eigenvalue weighted by atomic mass is 35.5. The molecule has 0 fully saturated rings. The van der Waals surface area contributed by atoms with Gasteiger partial charge in [0, 0.05) is 11.4 Å². The van der Waals surface area contributed by atoms with E-state index in [9.17, 15) is 13.2 Å². The van der Waals surface area contributed by atoms with E-state index in [1.807, 2.05) is 12.1 Å². The fraction of sp³-hybridized carbons (Fsp3) is 0.222. The quantitative estimate of drug-likeness (QED) is 0.564. The molecule has 3 rings (SSSR count). The Morgan fingerprint density at radius 3 is 2.63 bits per heavy atom. The lowest BCUT2D eigenvalue weighted by molar-refractivity contribution is -0.120. The molecule has 0 saturated carbocycles. The fourth-order valence-corrected chi connectivity index (χ4v) is 4.66. The number of anilines is 1. The summed E-state index contributed by atoms with van der Waals surface area (Å²) in [5.74, 6) is -0.719. The number of amides is 1. The molecule has 0 aliphatic rings. The van der Waals surface area contributed by atoms with Gasteiger partial charge in [0.15, 0.2) is 9.84 Å². The second-order valence-electron chi connectivity index (χ2n) is 5.87. The molecule has 9 heteroatoms. The number of aryl methyl sites for hydroxylation is 1. The highest BCUT2D eigenvalue weighted by Crippen LogP contribution is 2.26. The number of hydrogen-bond acceptors (Lipinski definition) is 6. The van der Waals surface area contributed by atoms with E-state index in [1.54, 1.807) is 0 Å². The number of hydrazine groups is 1. The Kier molecular flexibility index (Phi) is 5.98. The van der Waals surface area contributed by atoms with Gasteiger partial charge in [-0.05, 0) is 48.4 Å². The summed E-state index contributed by atoms with van der Waals surface area (Å²) in [6, 6.07) is 11.9. The predicted octanol–water partition coefficient (Wildman–Crippen LogP) is 3.82. The third-order valence-electron chi connectivity index (χ3n) is 3.94. The second-order valence-corrected chi connectivity index (χ2v) is 9.45. The summed E-state index contributed by atoms with van der Waals surface area (Å²) < 4.78 is 25.5.